The van der Waals surface area contributed by atoms with E-state index in [-0.39, 0.29) is 34.7 Å². The molecule has 6 rings (SSSR count). The van der Waals surface area contributed by atoms with Gasteiger partial charge in [-0.3, -0.25) is 9.78 Å². The van der Waals surface area contributed by atoms with Crippen molar-refractivity contribution in [1.29, 1.82) is 0 Å². The lowest BCUT2D eigenvalue weighted by Gasteiger charge is -2.23. The molecule has 1 unspecified atom stereocenters. The fraction of sp³-hybridized carbons (Fsp3) is 0.385. The van der Waals surface area contributed by atoms with Gasteiger partial charge in [0.05, 0.1) is 17.1 Å². The molecule has 1 atom stereocenters. The summed E-state index contributed by atoms with van der Waals surface area (Å²) in [4.78, 5) is 35.6. The van der Waals surface area contributed by atoms with Crippen LogP contribution in [0.4, 0.5) is 27.8 Å². The fourth-order valence-electron chi connectivity index (χ4n) is 4.87. The zero-order chi connectivity index (χ0) is 27.7. The molecule has 0 radical (unpaired) electrons. The summed E-state index contributed by atoms with van der Waals surface area (Å²) in [6, 6.07) is 3.67. The second kappa shape index (κ2) is 8.48. The van der Waals surface area contributed by atoms with E-state index in [1.807, 2.05) is 13.0 Å². The number of aryl methyl sites for hydroxylation is 2. The summed E-state index contributed by atoms with van der Waals surface area (Å²) in [6.45, 7) is 3.67. The molecule has 5 heterocycles. The first-order valence-corrected chi connectivity index (χ1v) is 12.3. The van der Waals surface area contributed by atoms with Crippen molar-refractivity contribution < 1.29 is 26.7 Å². The van der Waals surface area contributed by atoms with Crippen LogP contribution in [0.15, 0.2) is 36.9 Å². The maximum atomic E-state index is 13.7. The molecule has 0 bridgehead atoms. The average Bonchev–Trinajstić information content (AvgIpc) is 3.56. The van der Waals surface area contributed by atoms with Crippen LogP contribution in [0.5, 0.6) is 0 Å². The number of aromatic nitrogens is 6. The number of alkyl halides is 5. The first-order valence-electron chi connectivity index (χ1n) is 12.3. The maximum absolute atomic E-state index is 13.7. The Hall–Kier alpha value is -4.03. The highest BCUT2D eigenvalue weighted by Gasteiger charge is 2.56. The third kappa shape index (κ3) is 4.10. The van der Waals surface area contributed by atoms with Crippen LogP contribution in [0.2, 0.25) is 0 Å². The molecule has 39 heavy (non-hydrogen) atoms. The second-order valence-corrected chi connectivity index (χ2v) is 10.2. The van der Waals surface area contributed by atoms with E-state index < -0.39 is 30.4 Å². The van der Waals surface area contributed by atoms with E-state index in [9.17, 15) is 26.7 Å². The van der Waals surface area contributed by atoms with E-state index in [0.29, 0.717) is 22.8 Å². The lowest BCUT2D eigenvalue weighted by atomic mass is 9.79. The van der Waals surface area contributed by atoms with Crippen LogP contribution in [0.3, 0.4) is 0 Å². The van der Waals surface area contributed by atoms with Crippen LogP contribution in [-0.2, 0) is 16.6 Å². The molecule has 0 aromatic carbocycles. The van der Waals surface area contributed by atoms with Gasteiger partial charge < -0.3 is 9.72 Å². The van der Waals surface area contributed by atoms with Gasteiger partial charge in [0.2, 0.25) is 5.91 Å². The number of pyridine rings is 1. The van der Waals surface area contributed by atoms with Crippen LogP contribution in [-0.4, -0.2) is 47.3 Å². The van der Waals surface area contributed by atoms with Crippen LogP contribution in [0.1, 0.15) is 60.3 Å². The Balaban J connectivity index is 1.45. The van der Waals surface area contributed by atoms with Crippen molar-refractivity contribution in [3.05, 3.63) is 65.1 Å². The molecule has 8 nitrogen and oxygen atoms in total. The zero-order valence-electron chi connectivity index (χ0n) is 20.9. The summed E-state index contributed by atoms with van der Waals surface area (Å²) >= 11 is 0. The molecule has 0 spiro atoms. The first-order chi connectivity index (χ1) is 18.4. The van der Waals surface area contributed by atoms with E-state index in [1.54, 1.807) is 19.2 Å². The number of carbonyl (C=O) groups is 1. The Kier molecular flexibility index (Phi) is 5.50. The molecule has 2 aliphatic rings. The number of amides is 1. The van der Waals surface area contributed by atoms with Gasteiger partial charge in [-0.1, -0.05) is 6.07 Å². The normalized spacial score (nSPS) is 19.4. The number of anilines is 1. The standard InChI is InChI=1S/C26H22F5N7O/c1-13-3-6-17(33-11-13)24(2)18-19(14-4-5-14)35-20(36-21(18)37-23(24)39)16-12-38-10-9-32-22(38)15(34-16)7-8-25(27,28)26(29,30)31/h3,6,9-12,14H,4-5,7-8H2,1-2H3,(H,35,36,37,39). The van der Waals surface area contributed by atoms with Crippen molar-refractivity contribution in [2.45, 2.75) is 63.0 Å². The topological polar surface area (TPSA) is 98.0 Å². The van der Waals surface area contributed by atoms with Gasteiger partial charge in [-0.2, -0.15) is 22.0 Å². The first kappa shape index (κ1) is 25.3. The summed E-state index contributed by atoms with van der Waals surface area (Å²) in [5.74, 6) is -4.68. The van der Waals surface area contributed by atoms with E-state index in [1.165, 1.54) is 23.0 Å². The van der Waals surface area contributed by atoms with Gasteiger partial charge in [-0.25, -0.2) is 19.9 Å². The number of fused-ring (bicyclic) bond motifs is 2. The minimum absolute atomic E-state index is 0.0452. The van der Waals surface area contributed by atoms with Crippen molar-refractivity contribution >= 4 is 17.4 Å². The lowest BCUT2D eigenvalue weighted by Crippen LogP contribution is -2.36. The van der Waals surface area contributed by atoms with Gasteiger partial charge in [-0.05, 0) is 44.7 Å². The Morgan fingerprint density at radius 3 is 2.54 bits per heavy atom. The highest BCUT2D eigenvalue weighted by molar-refractivity contribution is 6.07. The molecule has 1 N–H and O–H groups in total. The van der Waals surface area contributed by atoms with Gasteiger partial charge in [0.25, 0.3) is 0 Å². The summed E-state index contributed by atoms with van der Waals surface area (Å²) in [5.41, 5.74) is 1.93. The SMILES string of the molecule is Cc1ccc(C2(C)C(=O)Nc3nc(-c4cn5ccnc5c(CCC(F)(F)C(F)(F)F)n4)nc(C4CC4)c32)nc1. The minimum atomic E-state index is -5.67. The zero-order valence-corrected chi connectivity index (χ0v) is 20.9. The summed E-state index contributed by atoms with van der Waals surface area (Å²) in [7, 11) is 0. The Morgan fingerprint density at radius 2 is 1.87 bits per heavy atom. The number of nitrogens with zero attached hydrogens (tertiary/aromatic N) is 6. The molecule has 13 heteroatoms. The number of halogens is 5. The van der Waals surface area contributed by atoms with Crippen molar-refractivity contribution in [3.63, 3.8) is 0 Å². The second-order valence-electron chi connectivity index (χ2n) is 10.2. The lowest BCUT2D eigenvalue weighted by molar-refractivity contribution is -0.284. The number of carbonyl (C=O) groups excluding carboxylic acids is 1. The predicted octanol–water partition coefficient (Wildman–Crippen LogP) is 5.16. The van der Waals surface area contributed by atoms with Crippen molar-refractivity contribution in [1.82, 2.24) is 29.3 Å². The summed E-state index contributed by atoms with van der Waals surface area (Å²) in [5, 5.41) is 2.84. The van der Waals surface area contributed by atoms with Crippen LogP contribution in [0.25, 0.3) is 17.2 Å². The van der Waals surface area contributed by atoms with Crippen molar-refractivity contribution in [3.8, 4) is 11.5 Å². The third-order valence-corrected chi connectivity index (χ3v) is 7.27. The van der Waals surface area contributed by atoms with E-state index >= 15 is 0 Å². The minimum Gasteiger partial charge on any atom is -0.309 e. The van der Waals surface area contributed by atoms with Gasteiger partial charge >= 0.3 is 12.1 Å². The number of hydrogen-bond donors (Lipinski definition) is 1. The molecule has 1 amide bonds. The molecule has 0 saturated heterocycles. The Bertz CT molecular complexity index is 1610. The third-order valence-electron chi connectivity index (χ3n) is 7.27. The molecule has 1 aliphatic carbocycles. The fourth-order valence-corrected chi connectivity index (χ4v) is 4.87. The average molecular weight is 544 g/mol. The molecule has 4 aromatic heterocycles. The Morgan fingerprint density at radius 1 is 1.10 bits per heavy atom. The van der Waals surface area contributed by atoms with E-state index in [4.69, 9.17) is 4.98 Å². The number of nitrogens with one attached hydrogen (secondary N) is 1. The largest absolute Gasteiger partial charge is 0.453 e. The molecular formula is C26H22F5N7O. The smallest absolute Gasteiger partial charge is 0.309 e. The molecule has 1 aliphatic heterocycles. The van der Waals surface area contributed by atoms with Gasteiger partial charge in [0.1, 0.15) is 16.9 Å². The van der Waals surface area contributed by atoms with E-state index in [2.05, 4.69) is 25.3 Å². The quantitative estimate of drug-likeness (QED) is 0.338. The molecule has 4 aromatic rings. The van der Waals surface area contributed by atoms with Crippen molar-refractivity contribution in [2.24, 2.45) is 0 Å². The number of hydrogen-bond acceptors (Lipinski definition) is 6. The van der Waals surface area contributed by atoms with Gasteiger partial charge in [-0.15, -0.1) is 0 Å². The number of imidazole rings is 1. The van der Waals surface area contributed by atoms with Gasteiger partial charge in [0, 0.05) is 42.7 Å². The Labute approximate surface area is 218 Å². The summed E-state index contributed by atoms with van der Waals surface area (Å²) < 4.78 is 67.2. The highest BCUT2D eigenvalue weighted by Crippen LogP contribution is 2.50. The molecule has 1 fully saturated rings. The molecular weight excluding hydrogens is 521 g/mol. The van der Waals surface area contributed by atoms with Crippen LogP contribution >= 0.6 is 0 Å². The molecule has 1 saturated carbocycles. The highest BCUT2D eigenvalue weighted by atomic mass is 19.4. The maximum Gasteiger partial charge on any atom is 0.453 e. The molecule has 202 valence electrons. The predicted molar refractivity (Wildman–Crippen MR) is 129 cm³/mol. The van der Waals surface area contributed by atoms with Crippen molar-refractivity contribution in [2.75, 3.05) is 5.32 Å². The summed E-state index contributed by atoms with van der Waals surface area (Å²) in [6.07, 6.45) is 0.0431. The van der Waals surface area contributed by atoms with Crippen LogP contribution in [0, 0.1) is 6.92 Å². The van der Waals surface area contributed by atoms with E-state index in [0.717, 1.165) is 18.4 Å². The monoisotopic (exact) mass is 543 g/mol. The number of rotatable bonds is 6. The van der Waals surface area contributed by atoms with Crippen LogP contribution < -0.4 is 5.32 Å². The van der Waals surface area contributed by atoms with Gasteiger partial charge in [0.15, 0.2) is 11.5 Å².